The number of sulfonamides is 1. The maximum atomic E-state index is 12.6. The molecule has 1 saturated heterocycles. The van der Waals surface area contributed by atoms with Crippen LogP contribution in [0.25, 0.3) is 0 Å². The lowest BCUT2D eigenvalue weighted by Crippen LogP contribution is -2.40. The van der Waals surface area contributed by atoms with Gasteiger partial charge in [-0.2, -0.15) is 4.31 Å². The Labute approximate surface area is 139 Å². The molecule has 0 saturated carbocycles. The molecule has 0 aliphatic carbocycles. The van der Waals surface area contributed by atoms with Crippen LogP contribution in [0.4, 0.5) is 5.82 Å². The molecule has 0 amide bonds. The number of nitrogens with zero attached hydrogens (tertiary/aromatic N) is 3. The van der Waals surface area contributed by atoms with Gasteiger partial charge in [-0.05, 0) is 25.1 Å². The minimum atomic E-state index is -3.41. The molecule has 1 aliphatic heterocycles. The Morgan fingerprint density at radius 3 is 2.83 bits per heavy atom. The minimum Gasteiger partial charge on any atom is -0.379 e. The highest BCUT2D eigenvalue weighted by molar-refractivity contribution is 7.91. The second-order valence-corrected chi connectivity index (χ2v) is 8.41. The summed E-state index contributed by atoms with van der Waals surface area (Å²) in [4.78, 5) is 9.24. The fourth-order valence-corrected chi connectivity index (χ4v) is 5.10. The number of ether oxygens (including phenoxy) is 1. The third-order valence-electron chi connectivity index (χ3n) is 3.42. The van der Waals surface area contributed by atoms with Crippen molar-refractivity contribution < 1.29 is 13.2 Å². The second kappa shape index (κ2) is 6.91. The molecule has 3 rings (SSSR count). The van der Waals surface area contributed by atoms with Crippen LogP contribution in [0.1, 0.15) is 10.7 Å². The lowest BCUT2D eigenvalue weighted by molar-refractivity contribution is 0.0731. The summed E-state index contributed by atoms with van der Waals surface area (Å²) in [5.74, 6) is 1.42. The van der Waals surface area contributed by atoms with Crippen LogP contribution >= 0.6 is 11.3 Å². The van der Waals surface area contributed by atoms with E-state index in [1.165, 1.54) is 15.6 Å². The van der Waals surface area contributed by atoms with E-state index in [4.69, 9.17) is 4.74 Å². The highest BCUT2D eigenvalue weighted by atomic mass is 32.2. The molecule has 9 heteroatoms. The van der Waals surface area contributed by atoms with Gasteiger partial charge < -0.3 is 10.1 Å². The molecule has 2 aromatic heterocycles. The van der Waals surface area contributed by atoms with Crippen LogP contribution in [0.2, 0.25) is 0 Å². The zero-order valence-corrected chi connectivity index (χ0v) is 14.4. The normalized spacial score (nSPS) is 16.4. The summed E-state index contributed by atoms with van der Waals surface area (Å²) >= 11 is 1.28. The first kappa shape index (κ1) is 16.3. The Hall–Kier alpha value is -1.55. The first-order valence-electron chi connectivity index (χ1n) is 7.26. The molecule has 2 aromatic rings. The Morgan fingerprint density at radius 2 is 2.09 bits per heavy atom. The zero-order valence-electron chi connectivity index (χ0n) is 12.7. The average molecular weight is 354 g/mol. The number of anilines is 1. The molecule has 3 heterocycles. The number of aromatic nitrogens is 2. The summed E-state index contributed by atoms with van der Waals surface area (Å²) in [6, 6.07) is 5.28. The van der Waals surface area contributed by atoms with Gasteiger partial charge in [-0.25, -0.2) is 18.4 Å². The van der Waals surface area contributed by atoms with Crippen LogP contribution in [-0.2, 0) is 21.3 Å². The van der Waals surface area contributed by atoms with Crippen LogP contribution in [0.5, 0.6) is 0 Å². The Balaban J connectivity index is 1.67. The average Bonchev–Trinajstić information content (AvgIpc) is 3.04. The quantitative estimate of drug-likeness (QED) is 0.875. The molecule has 0 unspecified atom stereocenters. The smallest absolute Gasteiger partial charge is 0.252 e. The topological polar surface area (TPSA) is 84.4 Å². The number of morpholine rings is 1. The molecular formula is C14H18N4O3S2. The standard InChI is InChI=1S/C14H18N4O3S2/c1-11-15-5-4-13(17-11)16-10-12-2-3-14(22-12)23(19,20)18-6-8-21-9-7-18/h2-5H,6-10H2,1H3,(H,15,16,17). The van der Waals surface area contributed by atoms with Crippen molar-refractivity contribution in [2.24, 2.45) is 0 Å². The van der Waals surface area contributed by atoms with Crippen LogP contribution in [0.3, 0.4) is 0 Å². The number of rotatable bonds is 5. The Kier molecular flexibility index (Phi) is 4.90. The number of nitrogens with one attached hydrogen (secondary N) is 1. The van der Waals surface area contributed by atoms with Crippen molar-refractivity contribution in [3.05, 3.63) is 35.1 Å². The minimum absolute atomic E-state index is 0.370. The summed E-state index contributed by atoms with van der Waals surface area (Å²) in [5, 5.41) is 3.18. The second-order valence-electron chi connectivity index (χ2n) is 5.08. The molecule has 7 nitrogen and oxygen atoms in total. The van der Waals surface area contributed by atoms with Gasteiger partial charge in [-0.3, -0.25) is 0 Å². The largest absolute Gasteiger partial charge is 0.379 e. The molecule has 0 aromatic carbocycles. The van der Waals surface area contributed by atoms with E-state index in [0.717, 1.165) is 10.7 Å². The Morgan fingerprint density at radius 1 is 1.30 bits per heavy atom. The van der Waals surface area contributed by atoms with E-state index in [1.807, 2.05) is 13.0 Å². The molecule has 0 atom stereocenters. The molecule has 124 valence electrons. The van der Waals surface area contributed by atoms with Gasteiger partial charge in [-0.15, -0.1) is 11.3 Å². The fourth-order valence-electron chi connectivity index (χ4n) is 2.24. The summed E-state index contributed by atoms with van der Waals surface area (Å²) in [7, 11) is -3.41. The lowest BCUT2D eigenvalue weighted by Gasteiger charge is -2.25. The van der Waals surface area contributed by atoms with Crippen LogP contribution in [-0.4, -0.2) is 49.0 Å². The van der Waals surface area contributed by atoms with Crippen LogP contribution in [0, 0.1) is 6.92 Å². The molecule has 0 radical (unpaired) electrons. The van der Waals surface area contributed by atoms with E-state index in [9.17, 15) is 8.42 Å². The highest BCUT2D eigenvalue weighted by Gasteiger charge is 2.27. The molecule has 1 N–H and O–H groups in total. The fraction of sp³-hybridized carbons (Fsp3) is 0.429. The van der Waals surface area contributed by atoms with Crippen molar-refractivity contribution in [2.45, 2.75) is 17.7 Å². The van der Waals surface area contributed by atoms with E-state index in [-0.39, 0.29) is 0 Å². The Bertz CT molecular complexity index is 770. The molecule has 0 spiro atoms. The van der Waals surface area contributed by atoms with E-state index in [1.54, 1.807) is 18.3 Å². The van der Waals surface area contributed by atoms with Gasteiger partial charge in [0.15, 0.2) is 0 Å². The van der Waals surface area contributed by atoms with Crippen molar-refractivity contribution in [1.82, 2.24) is 14.3 Å². The third-order valence-corrected chi connectivity index (χ3v) is 6.87. The summed E-state index contributed by atoms with van der Waals surface area (Å²) in [6.45, 7) is 4.07. The van der Waals surface area contributed by atoms with E-state index < -0.39 is 10.0 Å². The lowest BCUT2D eigenvalue weighted by atomic mass is 10.4. The summed E-state index contributed by atoms with van der Waals surface area (Å²) < 4.78 is 32.2. The van der Waals surface area contributed by atoms with Gasteiger partial charge in [0.05, 0.1) is 19.8 Å². The maximum absolute atomic E-state index is 12.6. The first-order chi connectivity index (χ1) is 11.1. The van der Waals surface area contributed by atoms with Crippen molar-refractivity contribution in [1.29, 1.82) is 0 Å². The molecular weight excluding hydrogens is 336 g/mol. The van der Waals surface area contributed by atoms with Crippen molar-refractivity contribution in [2.75, 3.05) is 31.6 Å². The number of aryl methyl sites for hydroxylation is 1. The SMILES string of the molecule is Cc1nccc(NCc2ccc(S(=O)(=O)N3CCOCC3)s2)n1. The van der Waals surface area contributed by atoms with Crippen LogP contribution in [0.15, 0.2) is 28.6 Å². The molecule has 1 fully saturated rings. The number of thiophene rings is 1. The van der Waals surface area contributed by atoms with Gasteiger partial charge in [0.2, 0.25) is 0 Å². The highest BCUT2D eigenvalue weighted by Crippen LogP contribution is 2.26. The molecule has 0 bridgehead atoms. The monoisotopic (exact) mass is 354 g/mol. The first-order valence-corrected chi connectivity index (χ1v) is 9.51. The number of hydrogen-bond donors (Lipinski definition) is 1. The van der Waals surface area contributed by atoms with Gasteiger partial charge in [-0.1, -0.05) is 0 Å². The molecule has 1 aliphatic rings. The van der Waals surface area contributed by atoms with E-state index >= 15 is 0 Å². The van der Waals surface area contributed by atoms with E-state index in [2.05, 4.69) is 15.3 Å². The van der Waals surface area contributed by atoms with Gasteiger partial charge >= 0.3 is 0 Å². The molecule has 23 heavy (non-hydrogen) atoms. The van der Waals surface area contributed by atoms with Gasteiger partial charge in [0.1, 0.15) is 15.9 Å². The predicted molar refractivity (Wildman–Crippen MR) is 88.0 cm³/mol. The van der Waals surface area contributed by atoms with Gasteiger partial charge in [0.25, 0.3) is 10.0 Å². The maximum Gasteiger partial charge on any atom is 0.252 e. The number of hydrogen-bond acceptors (Lipinski definition) is 7. The zero-order chi connectivity index (χ0) is 16.3. The third kappa shape index (κ3) is 3.86. The van der Waals surface area contributed by atoms with Crippen molar-refractivity contribution in [3.63, 3.8) is 0 Å². The van der Waals surface area contributed by atoms with E-state index in [0.29, 0.717) is 42.9 Å². The van der Waals surface area contributed by atoms with Gasteiger partial charge in [0, 0.05) is 24.2 Å². The predicted octanol–water partition coefficient (Wildman–Crippen LogP) is 1.48. The summed E-state index contributed by atoms with van der Waals surface area (Å²) in [5.41, 5.74) is 0. The van der Waals surface area contributed by atoms with Crippen molar-refractivity contribution >= 4 is 27.2 Å². The summed E-state index contributed by atoms with van der Waals surface area (Å²) in [6.07, 6.45) is 1.69. The van der Waals surface area contributed by atoms with Crippen molar-refractivity contribution in [3.8, 4) is 0 Å². The van der Waals surface area contributed by atoms with Crippen LogP contribution < -0.4 is 5.32 Å².